The first kappa shape index (κ1) is 42.2. The molecule has 0 fully saturated rings. The van der Waals surface area contributed by atoms with Gasteiger partial charge in [-0.2, -0.15) is 0 Å². The number of hydrogen-bond donors (Lipinski definition) is 0. The molecule has 0 rings (SSSR count). The van der Waals surface area contributed by atoms with Crippen molar-refractivity contribution in [3.05, 3.63) is 0 Å². The Morgan fingerprint density at radius 2 is 0.525 bits per heavy atom. The first-order valence-electron chi connectivity index (χ1n) is 9.35. The van der Waals surface area contributed by atoms with Gasteiger partial charge in [0.1, 0.15) is 55.6 Å². The van der Waals surface area contributed by atoms with Crippen molar-refractivity contribution >= 4 is 90.3 Å². The van der Waals surface area contributed by atoms with Gasteiger partial charge in [-0.05, 0) is 20.8 Å². The van der Waals surface area contributed by atoms with Crippen molar-refractivity contribution in [2.24, 2.45) is 16.2 Å². The summed E-state index contributed by atoms with van der Waals surface area (Å²) in [4.78, 5) is 156. The first-order chi connectivity index (χ1) is 17.8. The fourth-order valence-electron chi connectivity index (χ4n) is 1.89. The Morgan fingerprint density at radius 3 is 0.550 bits per heavy atom. The molecule has 0 aliphatic heterocycles. The van der Waals surface area contributed by atoms with Gasteiger partial charge in [0.2, 0.25) is 33.6 Å². The van der Waals surface area contributed by atoms with Crippen molar-refractivity contribution in [3.8, 4) is 0 Å². The molecular formula is C21H15O18Rh. The molecule has 0 radical (unpaired) electrons. The van der Waals surface area contributed by atoms with Crippen LogP contribution in [0.15, 0.2) is 0 Å². The minimum Gasteiger partial charge on any atom is -0.542 e. The van der Waals surface area contributed by atoms with Crippen LogP contribution in [-0.4, -0.2) is 90.3 Å². The van der Waals surface area contributed by atoms with E-state index in [0.717, 1.165) is 20.8 Å². The maximum absolute atomic E-state index is 10.7. The zero-order valence-electron chi connectivity index (χ0n) is 20.1. The number of aliphatic carboxylic acids is 3. The van der Waals surface area contributed by atoms with Crippen LogP contribution in [0.3, 0.4) is 0 Å². The summed E-state index contributed by atoms with van der Waals surface area (Å²) in [6.07, 6.45) is -1.83. The molecular weight excluding hydrogens is 643 g/mol. The molecule has 19 heteroatoms. The van der Waals surface area contributed by atoms with E-state index < -0.39 is 68.9 Å². The standard InChI is InChI=1S/3C7H6O6.Rh/c3*1-4(10)7(2-8,3-9)5(11)6(12)13;/h3*2-3H,1H3,(H,12,13);/q;;;+3/p-3. The van der Waals surface area contributed by atoms with Crippen LogP contribution in [0, 0.1) is 16.2 Å². The smallest absolute Gasteiger partial charge is 0.542 e. The second-order valence-corrected chi connectivity index (χ2v) is 6.83. The van der Waals surface area contributed by atoms with E-state index in [1.54, 1.807) is 0 Å². The molecule has 0 aliphatic rings. The summed E-state index contributed by atoms with van der Waals surface area (Å²) < 4.78 is 0. The minimum atomic E-state index is -2.74. The van der Waals surface area contributed by atoms with Gasteiger partial charge in [0.25, 0.3) is 0 Å². The molecule has 0 bridgehead atoms. The summed E-state index contributed by atoms with van der Waals surface area (Å²) >= 11 is 0. The third-order valence-electron chi connectivity index (χ3n) is 4.55. The Labute approximate surface area is 234 Å². The Bertz CT molecular complexity index is 993. The third kappa shape index (κ3) is 9.12. The molecule has 0 aromatic rings. The zero-order valence-corrected chi connectivity index (χ0v) is 21.8. The second-order valence-electron chi connectivity index (χ2n) is 6.83. The number of carboxylic acid groups (broad SMARTS) is 3. The molecule has 0 unspecified atom stereocenters. The van der Waals surface area contributed by atoms with E-state index >= 15 is 0 Å². The first-order valence-corrected chi connectivity index (χ1v) is 9.35. The Kier molecular flexibility index (Phi) is 18.5. The van der Waals surface area contributed by atoms with Crippen molar-refractivity contribution < 1.29 is 107 Å². The fraction of sp³-hybridized carbons (Fsp3) is 0.286. The largest absolute Gasteiger partial charge is 3.00 e. The number of carbonyl (C=O) groups excluding carboxylic acids is 15. The molecule has 0 spiro atoms. The number of aldehydes is 6. The van der Waals surface area contributed by atoms with Gasteiger partial charge in [-0.25, -0.2) is 0 Å². The van der Waals surface area contributed by atoms with E-state index in [4.69, 9.17) is 0 Å². The molecule has 0 atom stereocenters. The quantitative estimate of drug-likeness (QED) is 0.0682. The summed E-state index contributed by atoms with van der Waals surface area (Å²) in [5, 5.41) is 30.1. The number of ketones is 6. The molecule has 0 aromatic heterocycles. The zero-order chi connectivity index (χ0) is 31.9. The number of carboxylic acids is 3. The molecule has 0 N–H and O–H groups in total. The number of Topliss-reactive ketones (excluding diaryl/α,β-unsaturated/α-hetero) is 6. The van der Waals surface area contributed by atoms with Gasteiger partial charge in [0.05, 0.1) is 0 Å². The Morgan fingerprint density at radius 1 is 0.400 bits per heavy atom. The average molecular weight is 658 g/mol. The maximum atomic E-state index is 10.7. The van der Waals surface area contributed by atoms with Gasteiger partial charge >= 0.3 is 19.5 Å². The molecule has 0 saturated carbocycles. The SMILES string of the molecule is CC(=O)C(C=O)(C=O)C(=O)C(=O)[O-].CC(=O)C(C=O)(C=O)C(=O)C(=O)[O-].CC(=O)C(C=O)(C=O)C(=O)C(=O)[O-].[Rh+3]. The minimum absolute atomic E-state index is 0. The third-order valence-corrected chi connectivity index (χ3v) is 4.55. The van der Waals surface area contributed by atoms with Crippen molar-refractivity contribution in [3.63, 3.8) is 0 Å². The van der Waals surface area contributed by atoms with Gasteiger partial charge < -0.3 is 58.5 Å². The van der Waals surface area contributed by atoms with E-state index in [1.165, 1.54) is 0 Å². The summed E-state index contributed by atoms with van der Waals surface area (Å²) in [6, 6.07) is 0. The maximum Gasteiger partial charge on any atom is 3.00 e. The Hall–Kier alpha value is -4.93. The molecule has 40 heavy (non-hydrogen) atoms. The summed E-state index contributed by atoms with van der Waals surface area (Å²) in [7, 11) is 0. The molecule has 0 aromatic carbocycles. The van der Waals surface area contributed by atoms with Crippen LogP contribution < -0.4 is 15.3 Å². The van der Waals surface area contributed by atoms with E-state index in [0.29, 0.717) is 0 Å². The van der Waals surface area contributed by atoms with E-state index in [9.17, 15) is 87.2 Å². The van der Waals surface area contributed by atoms with Gasteiger partial charge in [-0.3, -0.25) is 28.8 Å². The normalized spacial score (nSPS) is 9.97. The van der Waals surface area contributed by atoms with Gasteiger partial charge in [0, 0.05) is 0 Å². The van der Waals surface area contributed by atoms with Crippen molar-refractivity contribution in [1.82, 2.24) is 0 Å². The molecule has 0 saturated heterocycles. The molecule has 0 heterocycles. The van der Waals surface area contributed by atoms with E-state index in [1.807, 2.05) is 0 Å². The van der Waals surface area contributed by atoms with Gasteiger partial charge in [-0.15, -0.1) is 0 Å². The topological polar surface area (TPSA) is 325 Å². The second kappa shape index (κ2) is 17.6. The van der Waals surface area contributed by atoms with Crippen LogP contribution in [0.4, 0.5) is 0 Å². The molecule has 216 valence electrons. The molecule has 0 aliphatic carbocycles. The summed E-state index contributed by atoms with van der Waals surface area (Å²) in [5.41, 5.74) is -8.21. The predicted octanol–water partition coefficient (Wildman–Crippen LogP) is -8.17. The average Bonchev–Trinajstić information content (AvgIpc) is 2.87. The van der Waals surface area contributed by atoms with Crippen LogP contribution in [0.2, 0.25) is 0 Å². The number of rotatable bonds is 15. The molecule has 0 amide bonds. The predicted molar refractivity (Wildman–Crippen MR) is 106 cm³/mol. The van der Waals surface area contributed by atoms with Gasteiger partial charge in [0.15, 0.2) is 17.3 Å². The monoisotopic (exact) mass is 658 g/mol. The number of carbonyl (C=O) groups is 15. The van der Waals surface area contributed by atoms with Crippen molar-refractivity contribution in [2.75, 3.05) is 0 Å². The van der Waals surface area contributed by atoms with Crippen LogP contribution >= 0.6 is 0 Å². The van der Waals surface area contributed by atoms with Crippen molar-refractivity contribution in [2.45, 2.75) is 20.8 Å². The summed E-state index contributed by atoms with van der Waals surface area (Å²) in [6.45, 7) is 2.30. The van der Waals surface area contributed by atoms with Crippen LogP contribution in [0.5, 0.6) is 0 Å². The number of hydrogen-bond acceptors (Lipinski definition) is 18. The van der Waals surface area contributed by atoms with E-state index in [-0.39, 0.29) is 57.2 Å². The Balaban J connectivity index is -0.000000240. The van der Waals surface area contributed by atoms with Crippen LogP contribution in [0.25, 0.3) is 0 Å². The van der Waals surface area contributed by atoms with Crippen molar-refractivity contribution in [1.29, 1.82) is 0 Å². The van der Waals surface area contributed by atoms with Gasteiger partial charge in [-0.1, -0.05) is 0 Å². The summed E-state index contributed by atoms with van der Waals surface area (Å²) in [5.74, 6) is -15.7. The van der Waals surface area contributed by atoms with Crippen LogP contribution in [0.1, 0.15) is 20.8 Å². The van der Waals surface area contributed by atoms with E-state index in [2.05, 4.69) is 0 Å². The van der Waals surface area contributed by atoms with Crippen LogP contribution in [-0.2, 0) is 91.4 Å². The molecule has 18 nitrogen and oxygen atoms in total. The fourth-order valence-corrected chi connectivity index (χ4v) is 1.89.